The van der Waals surface area contributed by atoms with E-state index in [-0.39, 0.29) is 0 Å². The van der Waals surface area contributed by atoms with Gasteiger partial charge in [0, 0.05) is 24.1 Å². The Labute approximate surface area is 76.8 Å². The average molecular weight is 172 g/mol. The van der Waals surface area contributed by atoms with Crippen molar-refractivity contribution >= 4 is 17.2 Å². The summed E-state index contributed by atoms with van der Waals surface area (Å²) < 4.78 is 2.03. The molecule has 0 fully saturated rings. The van der Waals surface area contributed by atoms with E-state index in [2.05, 4.69) is 0 Å². The molecular weight excluding hydrogens is 162 g/mol. The molecule has 0 amide bonds. The van der Waals surface area contributed by atoms with Crippen molar-refractivity contribution in [2.75, 3.05) is 0 Å². The molecule has 0 spiro atoms. The number of hydrogen-bond acceptors (Lipinski definition) is 1. The van der Waals surface area contributed by atoms with E-state index in [4.69, 9.17) is 0 Å². The molecule has 0 aliphatic heterocycles. The van der Waals surface area contributed by atoms with Gasteiger partial charge in [-0.15, -0.1) is 6.42 Å². The van der Waals surface area contributed by atoms with E-state index in [0.29, 0.717) is 6.42 Å². The standard InChI is InChI=1S/C11H10NO/c1-12-8-9(6-7-13)10-4-2-3-5-11(10)12/h2-5,8H,6H2,1H3/q-1. The van der Waals surface area contributed by atoms with E-state index in [1.807, 2.05) is 48.4 Å². The van der Waals surface area contributed by atoms with Gasteiger partial charge in [0.1, 0.15) is 0 Å². The van der Waals surface area contributed by atoms with Gasteiger partial charge >= 0.3 is 0 Å². The zero-order valence-electron chi connectivity index (χ0n) is 7.45. The van der Waals surface area contributed by atoms with Crippen LogP contribution in [-0.4, -0.2) is 10.9 Å². The number of nitrogens with zero attached hydrogens (tertiary/aromatic N) is 1. The predicted molar refractivity (Wildman–Crippen MR) is 52.3 cm³/mol. The molecule has 0 radical (unpaired) electrons. The quantitative estimate of drug-likeness (QED) is 0.633. The molecule has 0 bridgehead atoms. The largest absolute Gasteiger partial charge is 0.541 e. The van der Waals surface area contributed by atoms with Crippen molar-refractivity contribution in [3.8, 4) is 0 Å². The number of rotatable bonds is 2. The monoisotopic (exact) mass is 172 g/mol. The van der Waals surface area contributed by atoms with Crippen molar-refractivity contribution in [1.82, 2.24) is 4.57 Å². The van der Waals surface area contributed by atoms with Gasteiger partial charge in [-0.25, -0.2) is 0 Å². The fourth-order valence-electron chi connectivity index (χ4n) is 1.64. The topological polar surface area (TPSA) is 22.0 Å². The van der Waals surface area contributed by atoms with Crippen molar-refractivity contribution in [2.24, 2.45) is 7.05 Å². The highest BCUT2D eigenvalue weighted by atomic mass is 16.1. The van der Waals surface area contributed by atoms with Crippen LogP contribution in [-0.2, 0) is 18.3 Å². The summed E-state index contributed by atoms with van der Waals surface area (Å²) in [6, 6.07) is 8.05. The number of benzene rings is 1. The molecule has 66 valence electrons. The van der Waals surface area contributed by atoms with Gasteiger partial charge in [0.25, 0.3) is 0 Å². The van der Waals surface area contributed by atoms with Crippen LogP contribution >= 0.6 is 0 Å². The van der Waals surface area contributed by atoms with Crippen molar-refractivity contribution in [3.05, 3.63) is 36.0 Å². The molecule has 1 heterocycles. The molecule has 13 heavy (non-hydrogen) atoms. The highest BCUT2D eigenvalue weighted by Crippen LogP contribution is 2.19. The Bertz CT molecular complexity index is 442. The summed E-state index contributed by atoms with van der Waals surface area (Å²) in [6.45, 7) is 0. The van der Waals surface area contributed by atoms with E-state index in [9.17, 15) is 4.79 Å². The van der Waals surface area contributed by atoms with Crippen molar-refractivity contribution < 1.29 is 4.79 Å². The molecule has 0 saturated heterocycles. The summed E-state index contributed by atoms with van der Waals surface area (Å²) in [7, 11) is 1.98. The lowest BCUT2D eigenvalue weighted by Crippen LogP contribution is -1.83. The van der Waals surface area contributed by atoms with E-state index < -0.39 is 0 Å². The molecule has 1 aromatic heterocycles. The molecule has 0 aliphatic carbocycles. The summed E-state index contributed by atoms with van der Waals surface area (Å²) >= 11 is 0. The van der Waals surface area contributed by atoms with E-state index in [1.54, 1.807) is 0 Å². The van der Waals surface area contributed by atoms with E-state index in [1.165, 1.54) is 0 Å². The molecular formula is C11H10NO-. The molecule has 0 unspecified atom stereocenters. The maximum atomic E-state index is 10.3. The van der Waals surface area contributed by atoms with E-state index in [0.717, 1.165) is 16.5 Å². The van der Waals surface area contributed by atoms with Crippen LogP contribution in [0.25, 0.3) is 10.9 Å². The fourth-order valence-corrected chi connectivity index (χ4v) is 1.64. The Balaban J connectivity index is 2.70. The fraction of sp³-hybridized carbons (Fsp3) is 0.182. The molecule has 0 N–H and O–H groups in total. The first-order valence-electron chi connectivity index (χ1n) is 4.21. The zero-order chi connectivity index (χ0) is 9.26. The highest BCUT2D eigenvalue weighted by molar-refractivity contribution is 5.85. The van der Waals surface area contributed by atoms with Crippen LogP contribution in [0.15, 0.2) is 30.5 Å². The third-order valence-electron chi connectivity index (χ3n) is 2.24. The molecule has 2 aromatic rings. The van der Waals surface area contributed by atoms with Gasteiger partial charge in [-0.3, -0.25) is 6.29 Å². The number of hydrogen-bond donors (Lipinski definition) is 0. The lowest BCUT2D eigenvalue weighted by Gasteiger charge is -1.96. The predicted octanol–water partition coefficient (Wildman–Crippen LogP) is 1.83. The maximum absolute atomic E-state index is 10.3. The minimum Gasteiger partial charge on any atom is -0.541 e. The minimum atomic E-state index is 0.376. The summed E-state index contributed by atoms with van der Waals surface area (Å²) in [6.07, 6.45) is 4.28. The second kappa shape index (κ2) is 3.05. The summed E-state index contributed by atoms with van der Waals surface area (Å²) in [5.41, 5.74) is 2.21. The third-order valence-corrected chi connectivity index (χ3v) is 2.24. The first-order valence-corrected chi connectivity index (χ1v) is 4.21. The Morgan fingerprint density at radius 3 is 2.92 bits per heavy atom. The van der Waals surface area contributed by atoms with Crippen molar-refractivity contribution in [3.63, 3.8) is 0 Å². The third kappa shape index (κ3) is 1.24. The summed E-state index contributed by atoms with van der Waals surface area (Å²) in [4.78, 5) is 10.3. The van der Waals surface area contributed by atoms with Crippen molar-refractivity contribution in [1.29, 1.82) is 0 Å². The van der Waals surface area contributed by atoms with Crippen LogP contribution in [0.2, 0.25) is 0 Å². The average Bonchev–Trinajstić information content (AvgIpc) is 2.46. The second-order valence-electron chi connectivity index (χ2n) is 3.10. The van der Waals surface area contributed by atoms with Gasteiger partial charge < -0.3 is 9.36 Å². The van der Waals surface area contributed by atoms with Crippen LogP contribution in [0.1, 0.15) is 5.56 Å². The first kappa shape index (κ1) is 8.05. The summed E-state index contributed by atoms with van der Waals surface area (Å²) in [5, 5.41) is 1.15. The SMILES string of the molecule is Cn1cc(C[C-]=O)c2ccccc21. The van der Waals surface area contributed by atoms with Gasteiger partial charge in [-0.2, -0.15) is 0 Å². The molecule has 2 heteroatoms. The molecule has 0 atom stereocenters. The molecule has 0 saturated carbocycles. The lowest BCUT2D eigenvalue weighted by molar-refractivity contribution is 0.555. The second-order valence-corrected chi connectivity index (χ2v) is 3.10. The van der Waals surface area contributed by atoms with Crippen LogP contribution in [0.4, 0.5) is 0 Å². The van der Waals surface area contributed by atoms with Crippen molar-refractivity contribution in [2.45, 2.75) is 6.42 Å². The number of aromatic nitrogens is 1. The lowest BCUT2D eigenvalue weighted by atomic mass is 10.1. The van der Waals surface area contributed by atoms with E-state index >= 15 is 0 Å². The Kier molecular flexibility index (Phi) is 1.89. The highest BCUT2D eigenvalue weighted by Gasteiger charge is 2.00. The van der Waals surface area contributed by atoms with Crippen LogP contribution in [0.3, 0.4) is 0 Å². The van der Waals surface area contributed by atoms with Gasteiger partial charge in [-0.1, -0.05) is 18.2 Å². The minimum absolute atomic E-state index is 0.376. The molecule has 0 aliphatic rings. The van der Waals surface area contributed by atoms with Crippen LogP contribution in [0, 0.1) is 0 Å². The number of carbonyl (C=O) groups excluding carboxylic acids is 1. The van der Waals surface area contributed by atoms with Gasteiger partial charge in [0.2, 0.25) is 0 Å². The molecule has 1 aromatic carbocycles. The zero-order valence-corrected chi connectivity index (χ0v) is 7.45. The van der Waals surface area contributed by atoms with Gasteiger partial charge in [-0.05, 0) is 11.6 Å². The Morgan fingerprint density at radius 1 is 1.38 bits per heavy atom. The number of aryl methyl sites for hydroxylation is 1. The van der Waals surface area contributed by atoms with Gasteiger partial charge in [0.05, 0.1) is 0 Å². The first-order chi connectivity index (χ1) is 6.33. The Morgan fingerprint density at radius 2 is 2.15 bits per heavy atom. The Hall–Kier alpha value is -1.57. The number of para-hydroxylation sites is 1. The maximum Gasteiger partial charge on any atom is 0.0479 e. The normalized spacial score (nSPS) is 10.5. The van der Waals surface area contributed by atoms with Gasteiger partial charge in [0.15, 0.2) is 0 Å². The van der Waals surface area contributed by atoms with Crippen LogP contribution < -0.4 is 0 Å². The number of fused-ring (bicyclic) bond motifs is 1. The summed E-state index contributed by atoms with van der Waals surface area (Å²) in [5.74, 6) is 0. The molecule has 2 nitrogen and oxygen atoms in total. The molecule has 2 rings (SSSR count). The van der Waals surface area contributed by atoms with Crippen LogP contribution in [0.5, 0.6) is 0 Å². The smallest absolute Gasteiger partial charge is 0.0479 e.